The number of halogens is 3. The molecule has 0 aliphatic heterocycles. The Morgan fingerprint density at radius 3 is 2.42 bits per heavy atom. The molecule has 0 amide bonds. The number of carbonyl (C=O) groups is 1. The number of aliphatic hydroxyl groups is 1. The van der Waals surface area contributed by atoms with Crippen LogP contribution in [0.25, 0.3) is 0 Å². The van der Waals surface area contributed by atoms with Crippen LogP contribution in [0.4, 0.5) is 13.2 Å². The van der Waals surface area contributed by atoms with E-state index in [4.69, 9.17) is 9.47 Å². The summed E-state index contributed by atoms with van der Waals surface area (Å²) in [6.07, 6.45) is -5.65. The molecule has 0 saturated heterocycles. The summed E-state index contributed by atoms with van der Waals surface area (Å²) in [6, 6.07) is 8.54. The molecule has 0 spiro atoms. The molecule has 1 unspecified atom stereocenters. The number of rotatable bonds is 7. The van der Waals surface area contributed by atoms with Gasteiger partial charge in [0.15, 0.2) is 5.78 Å². The minimum Gasteiger partial charge on any atom is -0.507 e. The third-order valence-electron chi connectivity index (χ3n) is 3.39. The quantitative estimate of drug-likeness (QED) is 0.731. The Morgan fingerprint density at radius 2 is 1.77 bits per heavy atom. The Hall–Kier alpha value is -2.74. The number of ether oxygens (including phenoxy) is 2. The fraction of sp³-hybridized carbons (Fsp3) is 0.278. The molecule has 0 saturated carbocycles. The van der Waals surface area contributed by atoms with Gasteiger partial charge in [-0.05, 0) is 37.3 Å². The number of hydrogen-bond donors (Lipinski definition) is 2. The third kappa shape index (κ3) is 5.13. The summed E-state index contributed by atoms with van der Waals surface area (Å²) in [5, 5.41) is 19.6. The highest BCUT2D eigenvalue weighted by molar-refractivity contribution is 5.99. The van der Waals surface area contributed by atoms with E-state index in [0.717, 1.165) is 12.1 Å². The first-order chi connectivity index (χ1) is 12.2. The van der Waals surface area contributed by atoms with Crippen LogP contribution in [0.5, 0.6) is 17.2 Å². The normalized spacial score (nSPS) is 12.5. The number of phenolic OH excluding ortho intramolecular Hbond substituents is 1. The van der Waals surface area contributed by atoms with Crippen molar-refractivity contribution in [2.24, 2.45) is 0 Å². The first-order valence-electron chi connectivity index (χ1n) is 7.62. The van der Waals surface area contributed by atoms with Crippen molar-refractivity contribution in [3.63, 3.8) is 0 Å². The summed E-state index contributed by atoms with van der Waals surface area (Å²) in [5.41, 5.74) is -0.870. The van der Waals surface area contributed by atoms with E-state index in [9.17, 15) is 28.2 Å². The summed E-state index contributed by atoms with van der Waals surface area (Å²) >= 11 is 0. The molecule has 0 fully saturated rings. The smallest absolute Gasteiger partial charge is 0.416 e. The van der Waals surface area contributed by atoms with Crippen LogP contribution in [0.1, 0.15) is 22.8 Å². The van der Waals surface area contributed by atoms with Crippen LogP contribution < -0.4 is 9.47 Å². The number of aromatic hydroxyl groups is 1. The molecule has 2 rings (SSSR count). The van der Waals surface area contributed by atoms with Gasteiger partial charge in [-0.2, -0.15) is 13.2 Å². The van der Waals surface area contributed by atoms with E-state index in [1.54, 1.807) is 0 Å². The maximum absolute atomic E-state index is 12.6. The lowest BCUT2D eigenvalue weighted by atomic mass is 10.1. The number of phenols is 1. The van der Waals surface area contributed by atoms with Crippen molar-refractivity contribution in [1.82, 2.24) is 0 Å². The van der Waals surface area contributed by atoms with Gasteiger partial charge in [0.05, 0.1) is 5.56 Å². The van der Waals surface area contributed by atoms with E-state index in [0.29, 0.717) is 0 Å². The molecule has 140 valence electrons. The molecule has 0 heterocycles. The number of carbonyl (C=O) groups excluding carboxylic acids is 1. The maximum atomic E-state index is 12.6. The zero-order valence-corrected chi connectivity index (χ0v) is 13.8. The summed E-state index contributed by atoms with van der Waals surface area (Å²) in [6.45, 7) is 0.674. The summed E-state index contributed by atoms with van der Waals surface area (Å²) in [5.74, 6) is -0.603. The predicted octanol–water partition coefficient (Wildman–Crippen LogP) is 3.43. The van der Waals surface area contributed by atoms with Crippen molar-refractivity contribution < 1.29 is 37.7 Å². The van der Waals surface area contributed by atoms with Gasteiger partial charge in [-0.25, -0.2) is 0 Å². The van der Waals surface area contributed by atoms with E-state index < -0.39 is 23.6 Å². The Labute approximate surface area is 147 Å². The number of aliphatic hydroxyl groups excluding tert-OH is 1. The van der Waals surface area contributed by atoms with E-state index >= 15 is 0 Å². The summed E-state index contributed by atoms with van der Waals surface area (Å²) in [7, 11) is 0. The van der Waals surface area contributed by atoms with Crippen molar-refractivity contribution >= 4 is 5.78 Å². The zero-order chi connectivity index (χ0) is 19.3. The second-order valence-corrected chi connectivity index (χ2v) is 5.51. The highest BCUT2D eigenvalue weighted by Gasteiger charge is 2.30. The van der Waals surface area contributed by atoms with Crippen LogP contribution in [-0.4, -0.2) is 35.3 Å². The molecule has 5 nitrogen and oxygen atoms in total. The molecule has 0 bridgehead atoms. The molecule has 26 heavy (non-hydrogen) atoms. The van der Waals surface area contributed by atoms with E-state index in [-0.39, 0.29) is 36.0 Å². The molecule has 1 atom stereocenters. The summed E-state index contributed by atoms with van der Waals surface area (Å²) in [4.78, 5) is 11.5. The van der Waals surface area contributed by atoms with Gasteiger partial charge in [0.25, 0.3) is 0 Å². The van der Waals surface area contributed by atoms with Crippen LogP contribution in [0.2, 0.25) is 0 Å². The standard InChI is InChI=1S/C18H17F3O5/c1-11(22)17-15(24)6-3-7-16(17)26-10-13(23)9-25-14-5-2-4-12(8-14)18(19,20)21/h2-8,13,23-24H,9-10H2,1H3. The van der Waals surface area contributed by atoms with Gasteiger partial charge in [-0.1, -0.05) is 12.1 Å². The van der Waals surface area contributed by atoms with Crippen molar-refractivity contribution in [1.29, 1.82) is 0 Å². The minimum atomic E-state index is -4.49. The minimum absolute atomic E-state index is 0.0153. The zero-order valence-electron chi connectivity index (χ0n) is 13.8. The third-order valence-corrected chi connectivity index (χ3v) is 3.39. The van der Waals surface area contributed by atoms with Crippen LogP contribution >= 0.6 is 0 Å². The molecule has 0 aromatic heterocycles. The molecular formula is C18H17F3O5. The highest BCUT2D eigenvalue weighted by atomic mass is 19.4. The SMILES string of the molecule is CC(=O)c1c(O)cccc1OCC(O)COc1cccc(C(F)(F)F)c1. The molecule has 2 N–H and O–H groups in total. The Morgan fingerprint density at radius 1 is 1.12 bits per heavy atom. The molecule has 0 radical (unpaired) electrons. The van der Waals surface area contributed by atoms with Gasteiger partial charge in [0.1, 0.15) is 42.1 Å². The Bertz CT molecular complexity index is 774. The average molecular weight is 370 g/mol. The second kappa shape index (κ2) is 8.09. The van der Waals surface area contributed by atoms with Crippen LogP contribution in [0, 0.1) is 0 Å². The topological polar surface area (TPSA) is 76.0 Å². The van der Waals surface area contributed by atoms with Gasteiger partial charge < -0.3 is 19.7 Å². The van der Waals surface area contributed by atoms with Gasteiger partial charge in [0.2, 0.25) is 0 Å². The van der Waals surface area contributed by atoms with E-state index in [1.807, 2.05) is 0 Å². The predicted molar refractivity (Wildman–Crippen MR) is 86.6 cm³/mol. The fourth-order valence-corrected chi connectivity index (χ4v) is 2.18. The van der Waals surface area contributed by atoms with Crippen molar-refractivity contribution in [2.75, 3.05) is 13.2 Å². The first-order valence-corrected chi connectivity index (χ1v) is 7.62. The van der Waals surface area contributed by atoms with E-state index in [1.165, 1.54) is 37.3 Å². The van der Waals surface area contributed by atoms with Gasteiger partial charge in [-0.3, -0.25) is 4.79 Å². The van der Waals surface area contributed by atoms with Crippen LogP contribution in [-0.2, 0) is 6.18 Å². The lowest BCUT2D eigenvalue weighted by Crippen LogP contribution is -2.25. The Balaban J connectivity index is 1.94. The second-order valence-electron chi connectivity index (χ2n) is 5.51. The van der Waals surface area contributed by atoms with Crippen molar-refractivity contribution in [3.05, 3.63) is 53.6 Å². The molecular weight excluding hydrogens is 353 g/mol. The number of ketones is 1. The maximum Gasteiger partial charge on any atom is 0.416 e. The molecule has 2 aromatic carbocycles. The first kappa shape index (κ1) is 19.6. The average Bonchev–Trinajstić information content (AvgIpc) is 2.57. The lowest BCUT2D eigenvalue weighted by molar-refractivity contribution is -0.137. The summed E-state index contributed by atoms with van der Waals surface area (Å²) < 4.78 is 48.4. The van der Waals surface area contributed by atoms with Gasteiger partial charge >= 0.3 is 6.18 Å². The van der Waals surface area contributed by atoms with Crippen LogP contribution in [0.15, 0.2) is 42.5 Å². The number of benzene rings is 2. The van der Waals surface area contributed by atoms with Crippen LogP contribution in [0.3, 0.4) is 0 Å². The monoisotopic (exact) mass is 370 g/mol. The number of Topliss-reactive ketones (excluding diaryl/α,β-unsaturated/α-hetero) is 1. The van der Waals surface area contributed by atoms with Crippen molar-refractivity contribution in [3.8, 4) is 17.2 Å². The molecule has 2 aromatic rings. The number of alkyl halides is 3. The van der Waals surface area contributed by atoms with Gasteiger partial charge in [-0.15, -0.1) is 0 Å². The molecule has 0 aliphatic carbocycles. The largest absolute Gasteiger partial charge is 0.507 e. The lowest BCUT2D eigenvalue weighted by Gasteiger charge is -2.16. The Kier molecular flexibility index (Phi) is 6.10. The highest BCUT2D eigenvalue weighted by Crippen LogP contribution is 2.31. The number of hydrogen-bond acceptors (Lipinski definition) is 5. The molecule has 0 aliphatic rings. The van der Waals surface area contributed by atoms with E-state index in [2.05, 4.69) is 0 Å². The molecule has 8 heteroatoms. The fourth-order valence-electron chi connectivity index (χ4n) is 2.18. The van der Waals surface area contributed by atoms with Crippen molar-refractivity contribution in [2.45, 2.75) is 19.2 Å². The van der Waals surface area contributed by atoms with Gasteiger partial charge in [0, 0.05) is 0 Å².